The van der Waals surface area contributed by atoms with Gasteiger partial charge in [0.1, 0.15) is 0 Å². The normalized spacial score (nSPS) is 27.9. The Morgan fingerprint density at radius 1 is 0.737 bits per heavy atom. The Labute approximate surface area is 117 Å². The van der Waals surface area contributed by atoms with E-state index in [2.05, 4.69) is 9.80 Å². The highest BCUT2D eigenvalue weighted by Gasteiger charge is 2.31. The van der Waals surface area contributed by atoms with Crippen LogP contribution in [0.3, 0.4) is 0 Å². The molecule has 2 saturated heterocycles. The monoisotopic (exact) mass is 264 g/mol. The predicted octanol–water partition coefficient (Wildman–Crippen LogP) is 2.65. The first-order valence-electron chi connectivity index (χ1n) is 8.37. The molecule has 1 aliphatic carbocycles. The standard InChI is InChI=1S/C16H28N2O/c19-16(14-6-2-3-7-14)18-12-8-15(9-13-18)17-10-4-1-5-11-17/h14-15H,1-13H2. The summed E-state index contributed by atoms with van der Waals surface area (Å²) in [6.07, 6.45) is 11.4. The van der Waals surface area contributed by atoms with Gasteiger partial charge in [-0.3, -0.25) is 4.79 Å². The summed E-state index contributed by atoms with van der Waals surface area (Å²) in [6.45, 7) is 4.61. The van der Waals surface area contributed by atoms with E-state index < -0.39 is 0 Å². The molecule has 108 valence electrons. The summed E-state index contributed by atoms with van der Waals surface area (Å²) in [5.41, 5.74) is 0. The molecule has 3 heteroatoms. The smallest absolute Gasteiger partial charge is 0.225 e. The van der Waals surface area contributed by atoms with Gasteiger partial charge in [-0.25, -0.2) is 0 Å². The van der Waals surface area contributed by atoms with Crippen LogP contribution >= 0.6 is 0 Å². The third-order valence-corrected chi connectivity index (χ3v) is 5.39. The van der Waals surface area contributed by atoms with Crippen LogP contribution in [0.4, 0.5) is 0 Å². The Morgan fingerprint density at radius 3 is 2.00 bits per heavy atom. The number of hydrogen-bond donors (Lipinski definition) is 0. The zero-order chi connectivity index (χ0) is 13.1. The number of hydrogen-bond acceptors (Lipinski definition) is 2. The van der Waals surface area contributed by atoms with Gasteiger partial charge >= 0.3 is 0 Å². The van der Waals surface area contributed by atoms with Crippen LogP contribution in [0.15, 0.2) is 0 Å². The highest BCUT2D eigenvalue weighted by atomic mass is 16.2. The number of carbonyl (C=O) groups is 1. The van der Waals surface area contributed by atoms with Crippen molar-refractivity contribution >= 4 is 5.91 Å². The van der Waals surface area contributed by atoms with Crippen molar-refractivity contribution in [2.24, 2.45) is 5.92 Å². The van der Waals surface area contributed by atoms with Crippen LogP contribution in [-0.4, -0.2) is 47.9 Å². The largest absolute Gasteiger partial charge is 0.342 e. The van der Waals surface area contributed by atoms with Gasteiger partial charge in [0.2, 0.25) is 5.91 Å². The van der Waals surface area contributed by atoms with Gasteiger partial charge < -0.3 is 9.80 Å². The molecule has 0 N–H and O–H groups in total. The third kappa shape index (κ3) is 3.13. The predicted molar refractivity (Wildman–Crippen MR) is 77.0 cm³/mol. The molecule has 0 bridgehead atoms. The lowest BCUT2D eigenvalue weighted by molar-refractivity contribution is -0.137. The Morgan fingerprint density at radius 2 is 1.37 bits per heavy atom. The molecular weight excluding hydrogens is 236 g/mol. The Bertz CT molecular complexity index is 298. The topological polar surface area (TPSA) is 23.6 Å². The maximum absolute atomic E-state index is 12.4. The molecule has 3 rings (SSSR count). The second kappa shape index (κ2) is 6.25. The summed E-state index contributed by atoms with van der Waals surface area (Å²) in [7, 11) is 0. The molecule has 0 aromatic carbocycles. The van der Waals surface area contributed by atoms with Crippen LogP contribution < -0.4 is 0 Å². The quantitative estimate of drug-likeness (QED) is 0.765. The minimum absolute atomic E-state index is 0.367. The van der Waals surface area contributed by atoms with Crippen LogP contribution in [0.1, 0.15) is 57.8 Å². The number of nitrogens with zero attached hydrogens (tertiary/aromatic N) is 2. The summed E-state index contributed by atoms with van der Waals surface area (Å²) in [6, 6.07) is 0.757. The molecule has 19 heavy (non-hydrogen) atoms. The van der Waals surface area contributed by atoms with E-state index in [9.17, 15) is 4.79 Å². The SMILES string of the molecule is O=C(C1CCCC1)N1CCC(N2CCCCC2)CC1. The fourth-order valence-corrected chi connectivity index (χ4v) is 4.17. The number of piperidine rings is 2. The summed E-state index contributed by atoms with van der Waals surface area (Å²) in [5.74, 6) is 0.834. The summed E-state index contributed by atoms with van der Waals surface area (Å²) in [5, 5.41) is 0. The van der Waals surface area contributed by atoms with Crippen molar-refractivity contribution in [2.45, 2.75) is 63.8 Å². The Balaban J connectivity index is 1.47. The fourth-order valence-electron chi connectivity index (χ4n) is 4.17. The van der Waals surface area contributed by atoms with E-state index in [1.165, 1.54) is 58.0 Å². The van der Waals surface area contributed by atoms with Crippen molar-refractivity contribution in [3.05, 3.63) is 0 Å². The molecule has 0 radical (unpaired) electrons. The van der Waals surface area contributed by atoms with Crippen molar-refractivity contribution in [1.82, 2.24) is 9.80 Å². The van der Waals surface area contributed by atoms with E-state index in [1.54, 1.807) is 0 Å². The second-order valence-electron chi connectivity index (χ2n) is 6.63. The van der Waals surface area contributed by atoms with Crippen molar-refractivity contribution in [3.63, 3.8) is 0 Å². The molecule has 0 aromatic rings. The summed E-state index contributed by atoms with van der Waals surface area (Å²) >= 11 is 0. The van der Waals surface area contributed by atoms with E-state index in [4.69, 9.17) is 0 Å². The molecule has 0 unspecified atom stereocenters. The minimum Gasteiger partial charge on any atom is -0.342 e. The van der Waals surface area contributed by atoms with Crippen molar-refractivity contribution < 1.29 is 4.79 Å². The molecule has 0 aromatic heterocycles. The highest BCUT2D eigenvalue weighted by molar-refractivity contribution is 5.79. The minimum atomic E-state index is 0.367. The van der Waals surface area contributed by atoms with Gasteiger partial charge in [0, 0.05) is 25.0 Å². The molecule has 3 aliphatic rings. The number of rotatable bonds is 2. The molecule has 0 atom stereocenters. The van der Waals surface area contributed by atoms with Crippen molar-refractivity contribution in [3.8, 4) is 0 Å². The Kier molecular flexibility index (Phi) is 4.42. The highest BCUT2D eigenvalue weighted by Crippen LogP contribution is 2.28. The van der Waals surface area contributed by atoms with Crippen LogP contribution in [0.2, 0.25) is 0 Å². The van der Waals surface area contributed by atoms with Gasteiger partial charge in [0.15, 0.2) is 0 Å². The van der Waals surface area contributed by atoms with Gasteiger partial charge in [-0.15, -0.1) is 0 Å². The molecule has 2 heterocycles. The molecule has 1 saturated carbocycles. The number of likely N-dealkylation sites (tertiary alicyclic amines) is 2. The zero-order valence-corrected chi connectivity index (χ0v) is 12.1. The van der Waals surface area contributed by atoms with Gasteiger partial charge in [-0.05, 0) is 51.6 Å². The lowest BCUT2D eigenvalue weighted by atomic mass is 9.98. The average Bonchev–Trinajstić information content (AvgIpc) is 3.02. The maximum atomic E-state index is 12.4. The zero-order valence-electron chi connectivity index (χ0n) is 12.1. The lowest BCUT2D eigenvalue weighted by Crippen LogP contribution is -2.49. The van der Waals surface area contributed by atoms with Crippen molar-refractivity contribution in [2.75, 3.05) is 26.2 Å². The molecular formula is C16H28N2O. The lowest BCUT2D eigenvalue weighted by Gasteiger charge is -2.40. The first-order valence-corrected chi connectivity index (χ1v) is 8.37. The summed E-state index contributed by atoms with van der Waals surface area (Å²) < 4.78 is 0. The molecule has 3 nitrogen and oxygen atoms in total. The van der Waals surface area contributed by atoms with Crippen LogP contribution in [0.25, 0.3) is 0 Å². The summed E-state index contributed by atoms with van der Waals surface area (Å²) in [4.78, 5) is 17.2. The molecule has 0 spiro atoms. The van der Waals surface area contributed by atoms with E-state index in [-0.39, 0.29) is 0 Å². The van der Waals surface area contributed by atoms with E-state index in [0.717, 1.165) is 32.0 Å². The average molecular weight is 264 g/mol. The van der Waals surface area contributed by atoms with E-state index in [1.807, 2.05) is 0 Å². The van der Waals surface area contributed by atoms with Gasteiger partial charge in [-0.1, -0.05) is 19.3 Å². The number of carbonyl (C=O) groups excluding carboxylic acids is 1. The number of amides is 1. The van der Waals surface area contributed by atoms with Crippen molar-refractivity contribution in [1.29, 1.82) is 0 Å². The molecule has 3 fully saturated rings. The molecule has 1 amide bonds. The maximum Gasteiger partial charge on any atom is 0.225 e. The van der Waals surface area contributed by atoms with Gasteiger partial charge in [0.05, 0.1) is 0 Å². The second-order valence-corrected chi connectivity index (χ2v) is 6.63. The first kappa shape index (κ1) is 13.4. The first-order chi connectivity index (χ1) is 9.34. The van der Waals surface area contributed by atoms with E-state index in [0.29, 0.717) is 11.8 Å². The van der Waals surface area contributed by atoms with Gasteiger partial charge in [-0.2, -0.15) is 0 Å². The van der Waals surface area contributed by atoms with Crippen LogP contribution in [-0.2, 0) is 4.79 Å². The van der Waals surface area contributed by atoms with E-state index >= 15 is 0 Å². The third-order valence-electron chi connectivity index (χ3n) is 5.39. The van der Waals surface area contributed by atoms with Crippen LogP contribution in [0, 0.1) is 5.92 Å². The Hall–Kier alpha value is -0.570. The fraction of sp³-hybridized carbons (Fsp3) is 0.938. The molecule has 2 aliphatic heterocycles. The van der Waals surface area contributed by atoms with Gasteiger partial charge in [0.25, 0.3) is 0 Å². The van der Waals surface area contributed by atoms with Crippen LogP contribution in [0.5, 0.6) is 0 Å².